The van der Waals surface area contributed by atoms with Crippen molar-refractivity contribution in [2.24, 2.45) is 40.1 Å². The lowest BCUT2D eigenvalue weighted by molar-refractivity contribution is -0.137. The topological polar surface area (TPSA) is 136 Å². The Bertz CT molecular complexity index is 1060. The van der Waals surface area contributed by atoms with E-state index in [-0.39, 0.29) is 61.9 Å². The average molecular weight is 827 g/mol. The first-order chi connectivity index (χ1) is 26.6. The van der Waals surface area contributed by atoms with E-state index in [1.807, 2.05) is 52.0 Å². The number of hydrogen-bond donors (Lipinski definition) is 3. The third kappa shape index (κ3) is 29.1. The first-order valence-electron chi connectivity index (χ1n) is 20.5. The van der Waals surface area contributed by atoms with Gasteiger partial charge in [-0.15, -0.1) is 11.8 Å². The standard InChI is InChI=1S/C37H68N4O3S.C3H8.C2H5N.C2H6.CH3NO.CH4/c1-16-19-21-27(6)23-31(36(39-11)45-15)30(9)37(44-14)41(22-20-17-2)29(8)24-33(43-13)35(28(7)18-3)40(12)34(42)25-32(38-10)26(4)5;1-3-2;1-2-3;1-2;2-1-3;/h16,19,21,26,28,30-33,35,37-38H,1,6,8,17-18,20,22-25H2,2-5,7,9-15H3;3H2,1-2H3;2H,1,3H2;1-2H3;1H,(H2,2,3);1H4/b21-19-,39-36?;;;;;. The zero-order valence-corrected chi connectivity index (χ0v) is 39.8. The van der Waals surface area contributed by atoms with Crippen LogP contribution in [0.3, 0.4) is 0 Å². The third-order valence-corrected chi connectivity index (χ3v) is 10.2. The van der Waals surface area contributed by atoms with Gasteiger partial charge in [-0.25, -0.2) is 0 Å². The molecule has 57 heavy (non-hydrogen) atoms. The first-order valence-corrected chi connectivity index (χ1v) is 21.7. The molecule has 0 rings (SSSR count). The predicted molar refractivity (Wildman–Crippen MR) is 257 cm³/mol. The molecule has 2 amide bonds. The normalized spacial score (nSPS) is 14.2. The summed E-state index contributed by atoms with van der Waals surface area (Å²) in [6.45, 7) is 38.1. The molecule has 0 bridgehead atoms. The maximum Gasteiger partial charge on any atom is 0.224 e. The number of aliphatic imine (C=N–C) groups is 1. The molecule has 7 atom stereocenters. The Morgan fingerprint density at radius 1 is 0.982 bits per heavy atom. The van der Waals surface area contributed by atoms with Gasteiger partial charge in [-0.1, -0.05) is 146 Å². The molecule has 11 heteroatoms. The third-order valence-electron chi connectivity index (χ3n) is 9.25. The van der Waals surface area contributed by atoms with E-state index in [1.54, 1.807) is 32.1 Å². The van der Waals surface area contributed by atoms with Crippen LogP contribution in [0.25, 0.3) is 0 Å². The molecule has 0 fully saturated rings. The molecule has 0 aromatic carbocycles. The molecule has 0 saturated carbocycles. The number of nitrogens with zero attached hydrogens (tertiary/aromatic N) is 3. The smallest absolute Gasteiger partial charge is 0.224 e. The number of primary amides is 1. The minimum atomic E-state index is -0.226. The van der Waals surface area contributed by atoms with Gasteiger partial charge in [-0.2, -0.15) is 0 Å². The van der Waals surface area contributed by atoms with Crippen LogP contribution in [-0.2, 0) is 19.1 Å². The van der Waals surface area contributed by atoms with Crippen LogP contribution >= 0.6 is 11.8 Å². The Balaban J connectivity index is -0.000000484. The van der Waals surface area contributed by atoms with Crippen molar-refractivity contribution >= 4 is 29.1 Å². The van der Waals surface area contributed by atoms with Gasteiger partial charge in [0.25, 0.3) is 0 Å². The lowest BCUT2D eigenvalue weighted by Crippen LogP contribution is -2.52. The summed E-state index contributed by atoms with van der Waals surface area (Å²) >= 11 is 1.68. The van der Waals surface area contributed by atoms with Gasteiger partial charge in [0, 0.05) is 71.3 Å². The second kappa shape index (κ2) is 44.2. The Hall–Kier alpha value is -2.86. The molecule has 0 heterocycles. The molecule has 0 spiro atoms. The molecule has 0 aliphatic heterocycles. The predicted octanol–water partition coefficient (Wildman–Crippen LogP) is 10.1. The number of methoxy groups -OCH3 is 2. The fourth-order valence-corrected chi connectivity index (χ4v) is 6.96. The average Bonchev–Trinajstić information content (AvgIpc) is 3.18. The van der Waals surface area contributed by atoms with Crippen LogP contribution in [0.5, 0.6) is 0 Å². The number of rotatable bonds is 24. The zero-order valence-electron chi connectivity index (χ0n) is 39.0. The summed E-state index contributed by atoms with van der Waals surface area (Å²) < 4.78 is 12.5. The fourth-order valence-electron chi connectivity index (χ4n) is 6.18. The molecule has 0 radical (unpaired) electrons. The van der Waals surface area contributed by atoms with Crippen LogP contribution in [0.15, 0.2) is 67.0 Å². The summed E-state index contributed by atoms with van der Waals surface area (Å²) in [6.07, 6.45) is 14.9. The highest BCUT2D eigenvalue weighted by Crippen LogP contribution is 2.34. The number of carbonyl (C=O) groups is 2. The number of allylic oxidation sites excluding steroid dienone is 4. The van der Waals surface area contributed by atoms with Crippen LogP contribution in [0.2, 0.25) is 0 Å². The largest absolute Gasteiger partial charge is 0.405 e. The summed E-state index contributed by atoms with van der Waals surface area (Å²) in [5, 5.41) is 4.39. The Labute approximate surface area is 358 Å². The fraction of sp³-hybridized carbons (Fsp3) is 0.717. The van der Waals surface area contributed by atoms with Crippen LogP contribution < -0.4 is 16.8 Å². The molecule has 0 aliphatic rings. The van der Waals surface area contributed by atoms with E-state index in [4.69, 9.17) is 14.3 Å². The molecule has 0 aromatic heterocycles. The van der Waals surface area contributed by atoms with Crippen LogP contribution in [0.1, 0.15) is 122 Å². The van der Waals surface area contributed by atoms with Gasteiger partial charge < -0.3 is 36.1 Å². The Morgan fingerprint density at radius 2 is 1.49 bits per heavy atom. The van der Waals surface area contributed by atoms with Crippen molar-refractivity contribution < 1.29 is 19.1 Å². The van der Waals surface area contributed by atoms with E-state index in [2.05, 4.69) is 115 Å². The quantitative estimate of drug-likeness (QED) is 0.0288. The van der Waals surface area contributed by atoms with E-state index in [0.717, 1.165) is 48.5 Å². The lowest BCUT2D eigenvalue weighted by atomic mass is 9.86. The summed E-state index contributed by atoms with van der Waals surface area (Å²) in [5.41, 5.74) is 10.8. The van der Waals surface area contributed by atoms with Gasteiger partial charge >= 0.3 is 0 Å². The number of nitrogens with two attached hydrogens (primary N) is 2. The number of thioether (sulfide) groups is 1. The van der Waals surface area contributed by atoms with Crippen molar-refractivity contribution in [2.45, 2.75) is 146 Å². The first kappa shape index (κ1) is 66.0. The Kier molecular flexibility index (Phi) is 51.2. The number of likely N-dealkylation sites (N-methyl/N-ethyl adjacent to an activating group) is 1. The molecule has 7 unspecified atom stereocenters. The van der Waals surface area contributed by atoms with Crippen molar-refractivity contribution in [1.82, 2.24) is 15.1 Å². The molecule has 0 aliphatic carbocycles. The summed E-state index contributed by atoms with van der Waals surface area (Å²) in [6, 6.07) is 0.0273. The highest BCUT2D eigenvalue weighted by molar-refractivity contribution is 8.13. The number of unbranched alkanes of at least 4 members (excludes halogenated alkanes) is 1. The van der Waals surface area contributed by atoms with Crippen molar-refractivity contribution in [3.8, 4) is 0 Å². The van der Waals surface area contributed by atoms with Crippen LogP contribution in [0.4, 0.5) is 0 Å². The SMILES string of the molecule is C.C=C/C=C\C(=C)CC(C(=NC)SC)C(C)C(OC)N(CCCC)C(=C)CC(OC)C(C(C)CC)N(C)C(=O)CC(NC)C(C)C.C=CN.CC.CCC.NC=O. The van der Waals surface area contributed by atoms with Gasteiger partial charge in [0.1, 0.15) is 6.23 Å². The molecular formula is C46H94N6O4S. The second-order valence-corrected chi connectivity index (χ2v) is 14.5. The van der Waals surface area contributed by atoms with E-state index in [9.17, 15) is 4.79 Å². The molecule has 338 valence electrons. The van der Waals surface area contributed by atoms with Gasteiger partial charge in [0.15, 0.2) is 0 Å². The van der Waals surface area contributed by atoms with E-state index in [1.165, 1.54) is 12.6 Å². The van der Waals surface area contributed by atoms with Crippen molar-refractivity contribution in [3.05, 3.63) is 62.0 Å². The molecule has 0 saturated heterocycles. The van der Waals surface area contributed by atoms with Gasteiger partial charge in [-0.3, -0.25) is 14.6 Å². The monoisotopic (exact) mass is 827 g/mol. The highest BCUT2D eigenvalue weighted by Gasteiger charge is 2.37. The molecule has 10 nitrogen and oxygen atoms in total. The van der Waals surface area contributed by atoms with Crippen LogP contribution in [-0.4, -0.2) is 99.7 Å². The van der Waals surface area contributed by atoms with Gasteiger partial charge in [0.2, 0.25) is 12.3 Å². The van der Waals surface area contributed by atoms with Crippen molar-refractivity contribution in [3.63, 3.8) is 0 Å². The minimum absolute atomic E-state index is 0. The summed E-state index contributed by atoms with van der Waals surface area (Å²) in [4.78, 5) is 31.1. The second-order valence-electron chi connectivity index (χ2n) is 13.7. The number of carbonyl (C=O) groups excluding carboxylic acids is 2. The molecular weight excluding hydrogens is 733 g/mol. The molecule has 5 N–H and O–H groups in total. The van der Waals surface area contributed by atoms with E-state index < -0.39 is 0 Å². The minimum Gasteiger partial charge on any atom is -0.405 e. The lowest BCUT2D eigenvalue weighted by Gasteiger charge is -2.43. The van der Waals surface area contributed by atoms with Crippen molar-refractivity contribution in [1.29, 1.82) is 0 Å². The number of amides is 2. The van der Waals surface area contributed by atoms with E-state index >= 15 is 0 Å². The van der Waals surface area contributed by atoms with Crippen molar-refractivity contribution in [2.75, 3.05) is 48.2 Å². The number of ether oxygens (including phenoxy) is 2. The summed E-state index contributed by atoms with van der Waals surface area (Å²) in [5.74, 6) is 0.938. The number of nitrogens with one attached hydrogen (secondary N) is 1. The Morgan fingerprint density at radius 3 is 1.84 bits per heavy atom. The zero-order chi connectivity index (χ0) is 44.8. The summed E-state index contributed by atoms with van der Waals surface area (Å²) in [7, 11) is 9.26. The van der Waals surface area contributed by atoms with Gasteiger partial charge in [0.05, 0.1) is 17.2 Å². The molecule has 0 aromatic rings. The van der Waals surface area contributed by atoms with E-state index in [0.29, 0.717) is 18.8 Å². The number of hydrogen-bond acceptors (Lipinski definition) is 9. The highest BCUT2D eigenvalue weighted by atomic mass is 32.2. The van der Waals surface area contributed by atoms with Gasteiger partial charge in [-0.05, 0) is 44.2 Å². The maximum atomic E-state index is 13.6. The van der Waals surface area contributed by atoms with Crippen LogP contribution in [0, 0.1) is 23.7 Å². The maximum absolute atomic E-state index is 13.6.